The number of amides is 2. The summed E-state index contributed by atoms with van der Waals surface area (Å²) in [6, 6.07) is 14.1. The number of carboxylic acids is 1. The Morgan fingerprint density at radius 1 is 1.00 bits per heavy atom. The summed E-state index contributed by atoms with van der Waals surface area (Å²) in [4.78, 5) is 36.3. The summed E-state index contributed by atoms with van der Waals surface area (Å²) in [5.41, 5.74) is 3.27. The van der Waals surface area contributed by atoms with Crippen molar-refractivity contribution in [2.75, 3.05) is 6.61 Å². The van der Waals surface area contributed by atoms with Gasteiger partial charge in [0.05, 0.1) is 12.0 Å². The number of ether oxygens (including phenoxy) is 1. The molecule has 4 N–H and O–H groups in total. The minimum Gasteiger partial charge on any atom is -0.481 e. The van der Waals surface area contributed by atoms with Crippen molar-refractivity contribution in [3.63, 3.8) is 0 Å². The molecule has 176 valence electrons. The molecule has 2 aromatic rings. The second-order valence-corrected chi connectivity index (χ2v) is 9.05. The number of carboxylic acid groups (broad SMARTS) is 1. The molecule has 2 unspecified atom stereocenters. The third-order valence-corrected chi connectivity index (χ3v) is 5.53. The van der Waals surface area contributed by atoms with E-state index in [-0.39, 0.29) is 18.9 Å². The molecule has 2 atom stereocenters. The summed E-state index contributed by atoms with van der Waals surface area (Å²) in [5.74, 6) is -2.03. The Hall–Kier alpha value is -3.39. The monoisotopic (exact) mass is 454 g/mol. The van der Waals surface area contributed by atoms with E-state index in [4.69, 9.17) is 4.74 Å². The van der Waals surface area contributed by atoms with Gasteiger partial charge in [-0.25, -0.2) is 4.79 Å². The number of rotatable bonds is 9. The van der Waals surface area contributed by atoms with Crippen LogP contribution in [-0.4, -0.2) is 52.5 Å². The first-order chi connectivity index (χ1) is 15.5. The van der Waals surface area contributed by atoms with Gasteiger partial charge in [-0.05, 0) is 49.4 Å². The van der Waals surface area contributed by atoms with Gasteiger partial charge in [-0.15, -0.1) is 0 Å². The van der Waals surface area contributed by atoms with E-state index < -0.39 is 42.1 Å². The SMILES string of the molecule is CC(CC(C)(C)O)NC(=O)C(CC(=O)O)NC(=O)OCC1c2ccccc2-c2ccccc21. The zero-order valence-electron chi connectivity index (χ0n) is 19.0. The summed E-state index contributed by atoms with van der Waals surface area (Å²) in [6.45, 7) is 4.97. The molecule has 0 fully saturated rings. The number of aliphatic carboxylic acids is 1. The fourth-order valence-corrected chi connectivity index (χ4v) is 4.31. The Labute approximate surface area is 193 Å². The summed E-state index contributed by atoms with van der Waals surface area (Å²) in [7, 11) is 0. The van der Waals surface area contributed by atoms with Crippen LogP contribution >= 0.6 is 0 Å². The molecule has 0 saturated heterocycles. The van der Waals surface area contributed by atoms with Crippen LogP contribution in [-0.2, 0) is 14.3 Å². The van der Waals surface area contributed by atoms with Crippen LogP contribution < -0.4 is 10.6 Å². The Morgan fingerprint density at radius 2 is 1.55 bits per heavy atom. The molecule has 0 aliphatic heterocycles. The molecule has 1 aliphatic rings. The van der Waals surface area contributed by atoms with Crippen molar-refractivity contribution in [2.45, 2.75) is 57.2 Å². The van der Waals surface area contributed by atoms with Crippen LogP contribution in [0.4, 0.5) is 4.79 Å². The van der Waals surface area contributed by atoms with Gasteiger partial charge in [-0.3, -0.25) is 9.59 Å². The molecule has 2 aromatic carbocycles. The number of hydrogen-bond acceptors (Lipinski definition) is 5. The molecule has 8 heteroatoms. The number of hydrogen-bond donors (Lipinski definition) is 4. The normalized spacial score (nSPS) is 14.5. The highest BCUT2D eigenvalue weighted by Gasteiger charge is 2.31. The molecule has 1 aliphatic carbocycles. The lowest BCUT2D eigenvalue weighted by molar-refractivity contribution is -0.140. The van der Waals surface area contributed by atoms with E-state index in [1.165, 1.54) is 0 Å². The van der Waals surface area contributed by atoms with Crippen LogP contribution in [0.25, 0.3) is 11.1 Å². The van der Waals surface area contributed by atoms with E-state index >= 15 is 0 Å². The van der Waals surface area contributed by atoms with Crippen molar-refractivity contribution < 1.29 is 29.3 Å². The number of fused-ring (bicyclic) bond motifs is 3. The minimum atomic E-state index is -1.30. The van der Waals surface area contributed by atoms with Crippen molar-refractivity contribution in [3.8, 4) is 11.1 Å². The van der Waals surface area contributed by atoms with Crippen LogP contribution in [0.3, 0.4) is 0 Å². The summed E-state index contributed by atoms with van der Waals surface area (Å²) < 4.78 is 5.42. The molecule has 0 radical (unpaired) electrons. The molecule has 0 saturated carbocycles. The van der Waals surface area contributed by atoms with Crippen molar-refractivity contribution >= 4 is 18.0 Å². The van der Waals surface area contributed by atoms with Crippen LogP contribution in [0.1, 0.15) is 50.7 Å². The van der Waals surface area contributed by atoms with Gasteiger partial charge in [-0.1, -0.05) is 48.5 Å². The van der Waals surface area contributed by atoms with E-state index in [9.17, 15) is 24.6 Å². The predicted molar refractivity (Wildman–Crippen MR) is 123 cm³/mol. The summed E-state index contributed by atoms with van der Waals surface area (Å²) in [6.07, 6.45) is -1.19. The van der Waals surface area contributed by atoms with E-state index in [0.29, 0.717) is 0 Å². The van der Waals surface area contributed by atoms with Crippen molar-refractivity contribution in [1.82, 2.24) is 10.6 Å². The first-order valence-corrected chi connectivity index (χ1v) is 10.9. The zero-order chi connectivity index (χ0) is 24.2. The van der Waals surface area contributed by atoms with Gasteiger partial charge in [0, 0.05) is 12.0 Å². The molecule has 0 heterocycles. The van der Waals surface area contributed by atoms with Crippen LogP contribution in [0, 0.1) is 0 Å². The van der Waals surface area contributed by atoms with Crippen LogP contribution in [0.15, 0.2) is 48.5 Å². The zero-order valence-corrected chi connectivity index (χ0v) is 19.0. The fraction of sp³-hybridized carbons (Fsp3) is 0.400. The molecule has 0 aromatic heterocycles. The first kappa shape index (κ1) is 24.3. The van der Waals surface area contributed by atoms with Crippen molar-refractivity contribution in [2.24, 2.45) is 0 Å². The summed E-state index contributed by atoms with van der Waals surface area (Å²) in [5, 5.41) is 24.1. The maximum absolute atomic E-state index is 12.6. The van der Waals surface area contributed by atoms with Gasteiger partial charge in [0.2, 0.25) is 5.91 Å². The largest absolute Gasteiger partial charge is 0.481 e. The Balaban J connectivity index is 1.64. The van der Waals surface area contributed by atoms with E-state index in [1.54, 1.807) is 20.8 Å². The van der Waals surface area contributed by atoms with E-state index in [0.717, 1.165) is 22.3 Å². The molecule has 3 rings (SSSR count). The lowest BCUT2D eigenvalue weighted by atomic mass is 9.98. The fourth-order valence-electron chi connectivity index (χ4n) is 4.31. The highest BCUT2D eigenvalue weighted by molar-refractivity contribution is 5.89. The second-order valence-electron chi connectivity index (χ2n) is 9.05. The Morgan fingerprint density at radius 3 is 2.06 bits per heavy atom. The van der Waals surface area contributed by atoms with Gasteiger partial charge in [0.1, 0.15) is 12.6 Å². The van der Waals surface area contributed by atoms with Gasteiger partial charge in [0.15, 0.2) is 0 Å². The average molecular weight is 455 g/mol. The van der Waals surface area contributed by atoms with Gasteiger partial charge in [0.25, 0.3) is 0 Å². The second kappa shape index (κ2) is 10.0. The maximum atomic E-state index is 12.6. The van der Waals surface area contributed by atoms with Crippen molar-refractivity contribution in [1.29, 1.82) is 0 Å². The molecule has 33 heavy (non-hydrogen) atoms. The molecule has 0 bridgehead atoms. The molecule has 8 nitrogen and oxygen atoms in total. The number of aliphatic hydroxyl groups is 1. The number of alkyl carbamates (subject to hydrolysis) is 1. The average Bonchev–Trinajstić information content (AvgIpc) is 3.04. The molecular formula is C25H30N2O6. The number of carbonyl (C=O) groups excluding carboxylic acids is 2. The number of benzene rings is 2. The van der Waals surface area contributed by atoms with Gasteiger partial charge >= 0.3 is 12.1 Å². The van der Waals surface area contributed by atoms with Gasteiger partial charge in [-0.2, -0.15) is 0 Å². The topological polar surface area (TPSA) is 125 Å². The number of carbonyl (C=O) groups is 3. The standard InChI is InChI=1S/C25H30N2O6/c1-15(13-25(2,3)32)26-23(30)21(12-22(28)29)27-24(31)33-14-20-18-10-6-4-8-16(18)17-9-5-7-11-19(17)20/h4-11,15,20-21,32H,12-14H2,1-3H3,(H,26,30)(H,27,31)(H,28,29). The highest BCUT2D eigenvalue weighted by atomic mass is 16.5. The van der Waals surface area contributed by atoms with Crippen LogP contribution in [0.5, 0.6) is 0 Å². The maximum Gasteiger partial charge on any atom is 0.407 e. The third-order valence-electron chi connectivity index (χ3n) is 5.53. The Bertz CT molecular complexity index is 984. The highest BCUT2D eigenvalue weighted by Crippen LogP contribution is 2.44. The van der Waals surface area contributed by atoms with Crippen LogP contribution in [0.2, 0.25) is 0 Å². The Kier molecular flexibility index (Phi) is 7.38. The molecule has 2 amide bonds. The van der Waals surface area contributed by atoms with Gasteiger partial charge < -0.3 is 25.6 Å². The first-order valence-electron chi connectivity index (χ1n) is 10.9. The number of nitrogens with one attached hydrogen (secondary N) is 2. The lowest BCUT2D eigenvalue weighted by Crippen LogP contribution is -2.51. The quantitative estimate of drug-likeness (QED) is 0.462. The minimum absolute atomic E-state index is 0.0520. The third kappa shape index (κ3) is 6.32. The molecule has 0 spiro atoms. The van der Waals surface area contributed by atoms with E-state index in [2.05, 4.69) is 10.6 Å². The predicted octanol–water partition coefficient (Wildman–Crippen LogP) is 3.03. The summed E-state index contributed by atoms with van der Waals surface area (Å²) >= 11 is 0. The smallest absolute Gasteiger partial charge is 0.407 e. The lowest BCUT2D eigenvalue weighted by Gasteiger charge is -2.25. The van der Waals surface area contributed by atoms with E-state index in [1.807, 2.05) is 48.5 Å². The molecular weight excluding hydrogens is 424 g/mol. The van der Waals surface area contributed by atoms with Crippen molar-refractivity contribution in [3.05, 3.63) is 59.7 Å².